The van der Waals surface area contributed by atoms with Crippen LogP contribution < -0.4 is 24.8 Å². The van der Waals surface area contributed by atoms with Crippen molar-refractivity contribution in [2.24, 2.45) is 0 Å². The standard InChI is InChI=1S/C11H19Ge.C6H6N.2ClH.Ti/c1-7-9(2)11(4)10(3)8-12(5)6;7-6-4-2-1-3-5-6;;;/h8H,1-6H3;1-5,7H;2*1H;/q2*-1;;;+4/p-2. The fourth-order valence-corrected chi connectivity index (χ4v) is 3.73. The van der Waals surface area contributed by atoms with Gasteiger partial charge in [0.05, 0.1) is 0 Å². The Kier molecular flexibility index (Phi) is 24.0. The van der Waals surface area contributed by atoms with Crippen LogP contribution in [-0.2, 0) is 21.7 Å². The maximum atomic E-state index is 7.00. The van der Waals surface area contributed by atoms with Gasteiger partial charge < -0.3 is 30.5 Å². The summed E-state index contributed by atoms with van der Waals surface area (Å²) in [6.07, 6.45) is 3.18. The van der Waals surface area contributed by atoms with E-state index in [1.54, 1.807) is 12.1 Å². The minimum atomic E-state index is -0.799. The Bertz CT molecular complexity index is 479. The zero-order chi connectivity index (χ0) is 14.8. The van der Waals surface area contributed by atoms with Gasteiger partial charge in [0.2, 0.25) is 0 Å². The van der Waals surface area contributed by atoms with Crippen LogP contribution in [0.15, 0.2) is 47.1 Å². The normalized spacial score (nSPS) is 10.4. The molecule has 0 spiro atoms. The smallest absolute Gasteiger partial charge is 1.00 e. The first-order chi connectivity index (χ1) is 8.88. The van der Waals surface area contributed by atoms with Gasteiger partial charge in [0.25, 0.3) is 0 Å². The molecule has 1 rings (SSSR count). The third kappa shape index (κ3) is 15.1. The van der Waals surface area contributed by atoms with Gasteiger partial charge in [-0.3, -0.25) is 0 Å². The van der Waals surface area contributed by atoms with E-state index in [9.17, 15) is 0 Å². The molecule has 0 aliphatic carbocycles. The molecule has 22 heavy (non-hydrogen) atoms. The van der Waals surface area contributed by atoms with Crippen LogP contribution in [0.5, 0.6) is 0 Å². The van der Waals surface area contributed by atoms with Crippen molar-refractivity contribution >= 4 is 24.4 Å². The molecule has 0 unspecified atom stereocenters. The number of halogens is 2. The molecule has 0 saturated carbocycles. The molecule has 0 saturated heterocycles. The van der Waals surface area contributed by atoms with Crippen LogP contribution in [0.3, 0.4) is 0 Å². The first kappa shape index (κ1) is 30.1. The van der Waals surface area contributed by atoms with Gasteiger partial charge in [0.15, 0.2) is 0 Å². The van der Waals surface area contributed by atoms with E-state index in [-0.39, 0.29) is 46.5 Å². The Morgan fingerprint density at radius 2 is 1.50 bits per heavy atom. The van der Waals surface area contributed by atoms with E-state index in [4.69, 9.17) is 5.73 Å². The Morgan fingerprint density at radius 3 is 1.77 bits per heavy atom. The van der Waals surface area contributed by atoms with Crippen LogP contribution in [-0.4, -0.2) is 18.8 Å². The van der Waals surface area contributed by atoms with Gasteiger partial charge in [-0.25, -0.2) is 0 Å². The molecule has 0 aliphatic heterocycles. The molecular weight excluding hydrogens is 410 g/mol. The van der Waals surface area contributed by atoms with Gasteiger partial charge in [0, 0.05) is 0 Å². The van der Waals surface area contributed by atoms with E-state index >= 15 is 0 Å². The van der Waals surface area contributed by atoms with Crippen molar-refractivity contribution in [1.82, 2.24) is 0 Å². The monoisotopic (exact) mass is 435 g/mol. The fourth-order valence-electron chi connectivity index (χ4n) is 1.46. The maximum absolute atomic E-state index is 7.00. The minimum Gasteiger partial charge on any atom is -1.00 e. The minimum absolute atomic E-state index is 0. The summed E-state index contributed by atoms with van der Waals surface area (Å²) in [5, 5.41) is 0. The number of allylic oxidation sites excluding steroid dienone is 4. The molecule has 120 valence electrons. The molecule has 0 fully saturated rings. The van der Waals surface area contributed by atoms with Gasteiger partial charge in [-0.1, -0.05) is 30.3 Å². The number of benzene rings is 1. The zero-order valence-electron chi connectivity index (χ0n) is 14.2. The summed E-state index contributed by atoms with van der Waals surface area (Å²) in [5.74, 6) is 4.73. The molecule has 1 N–H and O–H groups in total. The Hall–Kier alpha value is 0.207. The molecule has 0 aliphatic rings. The number of hydrogen-bond acceptors (Lipinski definition) is 0. The van der Waals surface area contributed by atoms with Crippen molar-refractivity contribution in [1.29, 1.82) is 0 Å². The van der Waals surface area contributed by atoms with Gasteiger partial charge in [-0.2, -0.15) is 0 Å². The van der Waals surface area contributed by atoms with Gasteiger partial charge in [-0.15, -0.1) is 5.69 Å². The first-order valence-electron chi connectivity index (χ1n) is 6.49. The number of rotatable bonds is 2. The van der Waals surface area contributed by atoms with Crippen molar-refractivity contribution in [3.63, 3.8) is 0 Å². The predicted octanol–water partition coefficient (Wildman–Crippen LogP) is -0.394. The Balaban J connectivity index is -0.000000141. The van der Waals surface area contributed by atoms with E-state index in [0.717, 1.165) is 0 Å². The Labute approximate surface area is 168 Å². The summed E-state index contributed by atoms with van der Waals surface area (Å²) in [6.45, 7) is 8.48. The second-order valence-electron chi connectivity index (χ2n) is 4.77. The topological polar surface area (TPSA) is 23.8 Å². The van der Waals surface area contributed by atoms with Crippen LogP contribution in [0.1, 0.15) is 27.7 Å². The maximum Gasteiger partial charge on any atom is 4.00 e. The van der Waals surface area contributed by atoms with Crippen LogP contribution in [0, 0.1) is 6.08 Å². The van der Waals surface area contributed by atoms with Crippen LogP contribution in [0.25, 0.3) is 5.73 Å². The van der Waals surface area contributed by atoms with Gasteiger partial charge >= 0.3 is 102 Å². The number of hydrogen-bond donors (Lipinski definition) is 0. The van der Waals surface area contributed by atoms with Crippen LogP contribution in [0.2, 0.25) is 11.5 Å². The summed E-state index contributed by atoms with van der Waals surface area (Å²) in [7, 11) is 0. The van der Waals surface area contributed by atoms with E-state index < -0.39 is 13.9 Å². The van der Waals surface area contributed by atoms with E-state index in [1.165, 1.54) is 16.7 Å². The molecule has 5 heteroatoms. The third-order valence-electron chi connectivity index (χ3n) is 2.81. The molecule has 0 bridgehead atoms. The zero-order valence-corrected chi connectivity index (χ0v) is 19.4. The molecule has 0 atom stereocenters. The summed E-state index contributed by atoms with van der Waals surface area (Å²) in [4.78, 5) is 2.45. The second-order valence-corrected chi connectivity index (χ2v) is 9.90. The fraction of sp³-hybridized carbons (Fsp3) is 0.353. The van der Waals surface area contributed by atoms with Crippen molar-refractivity contribution in [3.05, 3.63) is 58.9 Å². The van der Waals surface area contributed by atoms with Gasteiger partial charge in [-0.05, 0) is 0 Å². The molecule has 1 nitrogen and oxygen atoms in total. The first-order valence-corrected chi connectivity index (χ1v) is 11.9. The average Bonchev–Trinajstić information content (AvgIpc) is 2.37. The van der Waals surface area contributed by atoms with E-state index in [0.29, 0.717) is 5.69 Å². The molecule has 0 heterocycles. The largest absolute Gasteiger partial charge is 4.00 e. The van der Waals surface area contributed by atoms with Crippen molar-refractivity contribution in [3.8, 4) is 0 Å². The molecule has 1 aromatic carbocycles. The molecule has 0 aromatic heterocycles. The molecule has 0 radical (unpaired) electrons. The molecule has 0 amide bonds. The quantitative estimate of drug-likeness (QED) is 0.344. The van der Waals surface area contributed by atoms with Crippen molar-refractivity contribution < 1.29 is 46.5 Å². The summed E-state index contributed by atoms with van der Waals surface area (Å²) in [5.41, 5.74) is 11.7. The van der Waals surface area contributed by atoms with Crippen molar-refractivity contribution in [2.45, 2.75) is 39.2 Å². The second kappa shape index (κ2) is 17.6. The number of nitrogens with one attached hydrogen (secondary N) is 1. The van der Waals surface area contributed by atoms with E-state index in [1.807, 2.05) is 25.1 Å². The van der Waals surface area contributed by atoms with E-state index in [2.05, 4.69) is 43.2 Å². The van der Waals surface area contributed by atoms with Gasteiger partial charge in [0.1, 0.15) is 0 Å². The van der Waals surface area contributed by atoms with Crippen LogP contribution >= 0.6 is 0 Å². The third-order valence-corrected chi connectivity index (χ3v) is 4.93. The average molecular weight is 435 g/mol. The molecular formula is C17H25Cl2GeNTi. The summed E-state index contributed by atoms with van der Waals surface area (Å²) in [6, 6.07) is 9.10. The summed E-state index contributed by atoms with van der Waals surface area (Å²) >= 11 is -0.799. The predicted molar refractivity (Wildman–Crippen MR) is 90.4 cm³/mol. The van der Waals surface area contributed by atoms with Crippen molar-refractivity contribution in [2.75, 3.05) is 0 Å². The van der Waals surface area contributed by atoms with Crippen LogP contribution in [0.4, 0.5) is 5.69 Å². The molecule has 1 aromatic rings. The Morgan fingerprint density at radius 1 is 1.05 bits per heavy atom. The summed E-state index contributed by atoms with van der Waals surface area (Å²) < 4.78 is 0. The SMILES string of the molecule is C[C-]=C(C)C(C)=C(C)[CH]=[Ge]([CH3])[CH3].[Cl-].[Cl-].[NH-]c1ccccc1.[Ti+4].